The summed E-state index contributed by atoms with van der Waals surface area (Å²) < 4.78 is 0. The highest BCUT2D eigenvalue weighted by Gasteiger charge is 2.17. The van der Waals surface area contributed by atoms with Gasteiger partial charge in [-0.15, -0.1) is 0 Å². The van der Waals surface area contributed by atoms with Crippen LogP contribution >= 0.6 is 11.6 Å². The van der Waals surface area contributed by atoms with Crippen LogP contribution in [0.4, 0.5) is 0 Å². The maximum Gasteiger partial charge on any atom is 0.254 e. The molecule has 1 saturated heterocycles. The molecule has 0 radical (unpaired) electrons. The molecule has 0 bridgehead atoms. The van der Waals surface area contributed by atoms with Gasteiger partial charge in [-0.2, -0.15) is 0 Å². The van der Waals surface area contributed by atoms with E-state index in [0.717, 1.165) is 38.0 Å². The number of hydrogen-bond donors (Lipinski definition) is 0. The van der Waals surface area contributed by atoms with Crippen molar-refractivity contribution in [2.75, 3.05) is 13.1 Å². The predicted octanol–water partition coefficient (Wildman–Crippen LogP) is 3.70. The van der Waals surface area contributed by atoms with Gasteiger partial charge in [0.25, 0.3) is 5.91 Å². The van der Waals surface area contributed by atoms with Crippen LogP contribution in [0, 0.1) is 0 Å². The summed E-state index contributed by atoms with van der Waals surface area (Å²) in [5, 5.41) is 0.412. The zero-order valence-electron chi connectivity index (χ0n) is 11.5. The van der Waals surface area contributed by atoms with Crippen molar-refractivity contribution in [2.45, 2.75) is 45.4 Å². The van der Waals surface area contributed by atoms with Gasteiger partial charge in [-0.05, 0) is 31.4 Å². The van der Waals surface area contributed by atoms with Crippen LogP contribution in [-0.4, -0.2) is 28.9 Å². The van der Waals surface area contributed by atoms with Gasteiger partial charge in [0, 0.05) is 24.3 Å². The van der Waals surface area contributed by atoms with Crippen LogP contribution in [0.15, 0.2) is 12.1 Å². The van der Waals surface area contributed by atoms with Crippen molar-refractivity contribution < 1.29 is 4.79 Å². The number of aryl methyl sites for hydroxylation is 1. The third-order valence-electron chi connectivity index (χ3n) is 3.60. The highest BCUT2D eigenvalue weighted by molar-refractivity contribution is 6.29. The Balaban J connectivity index is 2.15. The number of hydrogen-bond acceptors (Lipinski definition) is 2. The van der Waals surface area contributed by atoms with Crippen molar-refractivity contribution >= 4 is 17.5 Å². The minimum Gasteiger partial charge on any atom is -0.339 e. The number of nitrogens with zero attached hydrogens (tertiary/aromatic N) is 2. The second-order valence-electron chi connectivity index (χ2n) is 5.08. The summed E-state index contributed by atoms with van der Waals surface area (Å²) in [4.78, 5) is 18.7. The Bertz CT molecular complexity index is 440. The van der Waals surface area contributed by atoms with Crippen molar-refractivity contribution in [2.24, 2.45) is 0 Å². The van der Waals surface area contributed by atoms with E-state index in [1.165, 1.54) is 19.3 Å². The molecule has 0 N–H and O–H groups in total. The van der Waals surface area contributed by atoms with Crippen LogP contribution in [-0.2, 0) is 6.42 Å². The van der Waals surface area contributed by atoms with E-state index in [-0.39, 0.29) is 5.91 Å². The molecule has 1 aromatic rings. The number of amides is 1. The summed E-state index contributed by atoms with van der Waals surface area (Å²) in [5.74, 6) is 0.0981. The molecule has 1 aliphatic rings. The van der Waals surface area contributed by atoms with Gasteiger partial charge in [-0.25, -0.2) is 4.98 Å². The fourth-order valence-corrected chi connectivity index (χ4v) is 2.72. The average molecular weight is 281 g/mol. The maximum atomic E-state index is 12.5. The van der Waals surface area contributed by atoms with Crippen LogP contribution < -0.4 is 0 Å². The normalized spacial score (nSPS) is 16.8. The van der Waals surface area contributed by atoms with Crippen LogP contribution in [0.3, 0.4) is 0 Å². The minimum absolute atomic E-state index is 0.0981. The summed E-state index contributed by atoms with van der Waals surface area (Å²) in [6.45, 7) is 3.74. The van der Waals surface area contributed by atoms with E-state index in [0.29, 0.717) is 10.7 Å². The topological polar surface area (TPSA) is 33.2 Å². The zero-order valence-corrected chi connectivity index (χ0v) is 12.2. The molecule has 1 aromatic heterocycles. The van der Waals surface area contributed by atoms with Crippen molar-refractivity contribution in [3.05, 3.63) is 28.5 Å². The number of aromatic nitrogens is 1. The largest absolute Gasteiger partial charge is 0.339 e. The van der Waals surface area contributed by atoms with E-state index >= 15 is 0 Å². The summed E-state index contributed by atoms with van der Waals surface area (Å²) in [6.07, 6.45) is 6.74. The molecule has 0 atom stereocenters. The zero-order chi connectivity index (χ0) is 13.7. The van der Waals surface area contributed by atoms with E-state index in [2.05, 4.69) is 4.98 Å². The van der Waals surface area contributed by atoms with Gasteiger partial charge < -0.3 is 4.90 Å². The number of pyridine rings is 1. The van der Waals surface area contributed by atoms with Gasteiger partial charge in [0.1, 0.15) is 5.15 Å². The van der Waals surface area contributed by atoms with E-state index in [1.54, 1.807) is 6.07 Å². The summed E-state index contributed by atoms with van der Waals surface area (Å²) in [5.41, 5.74) is 1.56. The van der Waals surface area contributed by atoms with Gasteiger partial charge in [0.15, 0.2) is 0 Å². The van der Waals surface area contributed by atoms with Crippen molar-refractivity contribution in [1.82, 2.24) is 9.88 Å². The Morgan fingerprint density at radius 2 is 1.84 bits per heavy atom. The predicted molar refractivity (Wildman–Crippen MR) is 77.6 cm³/mol. The maximum absolute atomic E-state index is 12.5. The molecular formula is C15H21ClN2O. The lowest BCUT2D eigenvalue weighted by atomic mass is 10.1. The molecule has 0 unspecified atom stereocenters. The average Bonchev–Trinajstić information content (AvgIpc) is 2.37. The van der Waals surface area contributed by atoms with Gasteiger partial charge in [0.2, 0.25) is 0 Å². The molecule has 0 aromatic carbocycles. The molecule has 2 rings (SSSR count). The van der Waals surface area contributed by atoms with E-state index in [1.807, 2.05) is 17.9 Å². The lowest BCUT2D eigenvalue weighted by Gasteiger charge is -2.25. The number of rotatable bonds is 2. The fourth-order valence-electron chi connectivity index (χ4n) is 2.49. The van der Waals surface area contributed by atoms with Crippen molar-refractivity contribution in [1.29, 1.82) is 0 Å². The van der Waals surface area contributed by atoms with Crippen molar-refractivity contribution in [3.8, 4) is 0 Å². The van der Waals surface area contributed by atoms with Gasteiger partial charge in [0.05, 0.1) is 0 Å². The van der Waals surface area contributed by atoms with Gasteiger partial charge in [-0.1, -0.05) is 37.8 Å². The van der Waals surface area contributed by atoms with Crippen LogP contribution in [0.5, 0.6) is 0 Å². The molecule has 0 saturated carbocycles. The fraction of sp³-hybridized carbons (Fsp3) is 0.600. The molecular weight excluding hydrogens is 260 g/mol. The molecule has 104 valence electrons. The minimum atomic E-state index is 0.0981. The second kappa shape index (κ2) is 6.90. The lowest BCUT2D eigenvalue weighted by molar-refractivity contribution is 0.0742. The molecule has 0 spiro atoms. The highest BCUT2D eigenvalue weighted by atomic mass is 35.5. The number of carbonyl (C=O) groups is 1. The van der Waals surface area contributed by atoms with Gasteiger partial charge in [-0.3, -0.25) is 4.79 Å². The summed E-state index contributed by atoms with van der Waals surface area (Å²) >= 11 is 5.99. The molecule has 0 aliphatic carbocycles. The molecule has 3 nitrogen and oxygen atoms in total. The second-order valence-corrected chi connectivity index (χ2v) is 5.47. The molecule has 19 heavy (non-hydrogen) atoms. The monoisotopic (exact) mass is 280 g/mol. The summed E-state index contributed by atoms with van der Waals surface area (Å²) in [7, 11) is 0. The summed E-state index contributed by atoms with van der Waals surface area (Å²) in [6, 6.07) is 3.55. The van der Waals surface area contributed by atoms with E-state index in [4.69, 9.17) is 11.6 Å². The smallest absolute Gasteiger partial charge is 0.254 e. The Kier molecular flexibility index (Phi) is 5.20. The first-order valence-electron chi connectivity index (χ1n) is 7.16. The van der Waals surface area contributed by atoms with Crippen LogP contribution in [0.2, 0.25) is 5.15 Å². The number of carbonyl (C=O) groups excluding carboxylic acids is 1. The van der Waals surface area contributed by atoms with E-state index < -0.39 is 0 Å². The standard InChI is InChI=1S/C15H21ClN2O/c1-2-13-10-12(11-14(16)17-13)15(19)18-8-6-4-3-5-7-9-18/h10-11H,2-9H2,1H3. The first-order valence-corrected chi connectivity index (χ1v) is 7.54. The van der Waals surface area contributed by atoms with E-state index in [9.17, 15) is 4.79 Å². The third kappa shape index (κ3) is 3.93. The third-order valence-corrected chi connectivity index (χ3v) is 3.79. The first kappa shape index (κ1) is 14.3. The molecule has 2 heterocycles. The van der Waals surface area contributed by atoms with Crippen molar-refractivity contribution in [3.63, 3.8) is 0 Å². The van der Waals surface area contributed by atoms with Gasteiger partial charge >= 0.3 is 0 Å². The Morgan fingerprint density at radius 1 is 1.21 bits per heavy atom. The Hall–Kier alpha value is -1.09. The molecule has 1 fully saturated rings. The first-order chi connectivity index (χ1) is 9.20. The Labute approximate surface area is 120 Å². The lowest BCUT2D eigenvalue weighted by Crippen LogP contribution is -2.33. The van der Waals surface area contributed by atoms with Crippen LogP contribution in [0.1, 0.15) is 55.1 Å². The molecule has 1 aliphatic heterocycles. The number of halogens is 1. The quantitative estimate of drug-likeness (QED) is 0.774. The molecule has 4 heteroatoms. The molecule has 1 amide bonds. The number of likely N-dealkylation sites (tertiary alicyclic amines) is 1. The Morgan fingerprint density at radius 3 is 2.47 bits per heavy atom. The van der Waals surface area contributed by atoms with Crippen LogP contribution in [0.25, 0.3) is 0 Å². The highest BCUT2D eigenvalue weighted by Crippen LogP contribution is 2.16. The SMILES string of the molecule is CCc1cc(C(=O)N2CCCCCCC2)cc(Cl)n1.